The Morgan fingerprint density at radius 3 is 2.83 bits per heavy atom. The van der Waals surface area contributed by atoms with Crippen molar-refractivity contribution < 1.29 is 17.9 Å². The number of sulfonamides is 1. The molecule has 0 radical (unpaired) electrons. The van der Waals surface area contributed by atoms with Gasteiger partial charge in [0.1, 0.15) is 0 Å². The van der Waals surface area contributed by atoms with Crippen LogP contribution in [0.2, 0.25) is 0 Å². The molecular weight excluding hydrogens is 256 g/mol. The Morgan fingerprint density at radius 1 is 1.50 bits per heavy atom. The third-order valence-electron chi connectivity index (χ3n) is 2.76. The van der Waals surface area contributed by atoms with Gasteiger partial charge in [-0.15, -0.1) is 0 Å². The van der Waals surface area contributed by atoms with E-state index in [2.05, 4.69) is 0 Å². The number of nitrogens with two attached hydrogens (primary N) is 1. The molecule has 18 heavy (non-hydrogen) atoms. The average Bonchev–Trinajstić information content (AvgIpc) is 2.70. The van der Waals surface area contributed by atoms with Crippen LogP contribution >= 0.6 is 0 Å². The Morgan fingerprint density at radius 2 is 2.22 bits per heavy atom. The molecule has 1 aliphatic rings. The summed E-state index contributed by atoms with van der Waals surface area (Å²) in [6.45, 7) is 2.53. The maximum atomic E-state index is 11.7. The highest BCUT2D eigenvalue weighted by Crippen LogP contribution is 2.30. The van der Waals surface area contributed by atoms with E-state index in [9.17, 15) is 13.2 Å². The lowest BCUT2D eigenvalue weighted by molar-refractivity contribution is 0.160. The molecule has 0 atom stereocenters. The van der Waals surface area contributed by atoms with Gasteiger partial charge in [-0.3, -0.25) is 4.90 Å². The highest BCUT2D eigenvalue weighted by Gasteiger charge is 2.26. The molecule has 2 N–H and O–H groups in total. The van der Waals surface area contributed by atoms with Gasteiger partial charge in [-0.05, 0) is 37.1 Å². The average molecular weight is 270 g/mol. The predicted octanol–water partition coefficient (Wildman–Crippen LogP) is 0.853. The molecular formula is C11H14N2O4S. The number of amides is 1. The third kappa shape index (κ3) is 2.32. The molecule has 0 aliphatic carbocycles. The zero-order valence-corrected chi connectivity index (χ0v) is 10.7. The van der Waals surface area contributed by atoms with Crippen LogP contribution < -0.4 is 10.0 Å². The van der Waals surface area contributed by atoms with Crippen LogP contribution in [0.4, 0.5) is 10.5 Å². The van der Waals surface area contributed by atoms with Gasteiger partial charge >= 0.3 is 6.09 Å². The van der Waals surface area contributed by atoms with Crippen molar-refractivity contribution >= 4 is 21.8 Å². The SMILES string of the molecule is CCOC(=O)N1CCc2cc(S(N)(=O)=O)ccc21. The molecule has 1 aliphatic heterocycles. The summed E-state index contributed by atoms with van der Waals surface area (Å²) in [6, 6.07) is 4.48. The number of carbonyl (C=O) groups excluding carboxylic acids is 1. The van der Waals surface area contributed by atoms with Crippen molar-refractivity contribution in [3.63, 3.8) is 0 Å². The first-order chi connectivity index (χ1) is 8.43. The number of primary sulfonamides is 1. The number of hydrogen-bond donors (Lipinski definition) is 1. The van der Waals surface area contributed by atoms with E-state index >= 15 is 0 Å². The van der Waals surface area contributed by atoms with Gasteiger partial charge in [-0.25, -0.2) is 18.4 Å². The molecule has 6 nitrogen and oxygen atoms in total. The Labute approximate surface area is 105 Å². The van der Waals surface area contributed by atoms with Gasteiger partial charge < -0.3 is 4.74 Å². The Balaban J connectivity index is 2.34. The smallest absolute Gasteiger partial charge is 0.414 e. The summed E-state index contributed by atoms with van der Waals surface area (Å²) in [6.07, 6.45) is 0.178. The van der Waals surface area contributed by atoms with Crippen LogP contribution in [0.3, 0.4) is 0 Å². The molecule has 2 rings (SSSR count). The Hall–Kier alpha value is -1.60. The van der Waals surface area contributed by atoms with Gasteiger partial charge in [-0.1, -0.05) is 0 Å². The second kappa shape index (κ2) is 4.58. The van der Waals surface area contributed by atoms with Crippen molar-refractivity contribution in [3.05, 3.63) is 23.8 Å². The monoisotopic (exact) mass is 270 g/mol. The number of nitrogens with zero attached hydrogens (tertiary/aromatic N) is 1. The molecule has 0 unspecified atom stereocenters. The standard InChI is InChI=1S/C11H14N2O4S/c1-2-17-11(14)13-6-5-8-7-9(18(12,15)16)3-4-10(8)13/h3-4,7H,2,5-6H2,1H3,(H2,12,15,16). The second-order valence-electron chi connectivity index (χ2n) is 3.94. The minimum absolute atomic E-state index is 0.0620. The molecule has 0 bridgehead atoms. The zero-order valence-electron chi connectivity index (χ0n) is 9.92. The lowest BCUT2D eigenvalue weighted by Crippen LogP contribution is -2.29. The van der Waals surface area contributed by atoms with Crippen LogP contribution in [0.1, 0.15) is 12.5 Å². The van der Waals surface area contributed by atoms with E-state index in [-0.39, 0.29) is 4.90 Å². The minimum Gasteiger partial charge on any atom is -0.449 e. The quantitative estimate of drug-likeness (QED) is 0.862. The number of ether oxygens (including phenoxy) is 1. The lowest BCUT2D eigenvalue weighted by Gasteiger charge is -2.16. The molecule has 0 saturated carbocycles. The van der Waals surface area contributed by atoms with E-state index in [1.54, 1.807) is 13.0 Å². The van der Waals surface area contributed by atoms with Gasteiger partial charge in [0, 0.05) is 6.54 Å². The van der Waals surface area contributed by atoms with E-state index < -0.39 is 16.1 Å². The van der Waals surface area contributed by atoms with E-state index in [1.165, 1.54) is 17.0 Å². The van der Waals surface area contributed by atoms with Gasteiger partial charge in [0.25, 0.3) is 0 Å². The maximum absolute atomic E-state index is 11.7. The number of anilines is 1. The molecule has 0 spiro atoms. The first-order valence-corrected chi connectivity index (χ1v) is 7.08. The van der Waals surface area contributed by atoms with Gasteiger partial charge in [0.2, 0.25) is 10.0 Å². The first kappa shape index (κ1) is 12.8. The van der Waals surface area contributed by atoms with Gasteiger partial charge in [0.15, 0.2) is 0 Å². The van der Waals surface area contributed by atoms with Crippen molar-refractivity contribution in [2.45, 2.75) is 18.2 Å². The van der Waals surface area contributed by atoms with Crippen LogP contribution in [0.5, 0.6) is 0 Å². The normalized spacial score (nSPS) is 14.4. The molecule has 1 aromatic rings. The fourth-order valence-electron chi connectivity index (χ4n) is 1.95. The van der Waals surface area contributed by atoms with Crippen LogP contribution in [-0.2, 0) is 21.2 Å². The van der Waals surface area contributed by atoms with Gasteiger partial charge in [-0.2, -0.15) is 0 Å². The topological polar surface area (TPSA) is 89.7 Å². The maximum Gasteiger partial charge on any atom is 0.414 e. The predicted molar refractivity (Wildman–Crippen MR) is 65.9 cm³/mol. The number of benzene rings is 1. The third-order valence-corrected chi connectivity index (χ3v) is 3.67. The van der Waals surface area contributed by atoms with E-state index in [1.807, 2.05) is 0 Å². The summed E-state index contributed by atoms with van der Waals surface area (Å²) < 4.78 is 27.4. The van der Waals surface area contributed by atoms with Crippen molar-refractivity contribution in [1.29, 1.82) is 0 Å². The molecule has 0 aromatic heterocycles. The van der Waals surface area contributed by atoms with Crippen molar-refractivity contribution in [1.82, 2.24) is 0 Å². The van der Waals surface area contributed by atoms with Crippen molar-refractivity contribution in [3.8, 4) is 0 Å². The van der Waals surface area contributed by atoms with E-state index in [0.29, 0.717) is 25.3 Å². The summed E-state index contributed by atoms with van der Waals surface area (Å²) >= 11 is 0. The highest BCUT2D eigenvalue weighted by atomic mass is 32.2. The van der Waals surface area contributed by atoms with Crippen LogP contribution in [0.15, 0.2) is 23.1 Å². The Kier molecular flexibility index (Phi) is 3.27. The fraction of sp³-hybridized carbons (Fsp3) is 0.364. The highest BCUT2D eigenvalue weighted by molar-refractivity contribution is 7.89. The molecule has 1 amide bonds. The minimum atomic E-state index is -3.71. The van der Waals surface area contributed by atoms with Crippen LogP contribution in [0.25, 0.3) is 0 Å². The number of fused-ring (bicyclic) bond motifs is 1. The van der Waals surface area contributed by atoms with Crippen molar-refractivity contribution in [2.75, 3.05) is 18.1 Å². The number of hydrogen-bond acceptors (Lipinski definition) is 4. The summed E-state index contributed by atoms with van der Waals surface area (Å²) in [4.78, 5) is 13.2. The molecule has 0 saturated heterocycles. The molecule has 1 heterocycles. The molecule has 0 fully saturated rings. The number of rotatable bonds is 2. The summed E-state index contributed by atoms with van der Waals surface area (Å²) in [5, 5.41) is 5.06. The summed E-state index contributed by atoms with van der Waals surface area (Å²) in [7, 11) is -3.71. The largest absolute Gasteiger partial charge is 0.449 e. The fourth-order valence-corrected chi connectivity index (χ4v) is 2.51. The van der Waals surface area contributed by atoms with Gasteiger partial charge in [0.05, 0.1) is 17.2 Å². The molecule has 98 valence electrons. The summed E-state index contributed by atoms with van der Waals surface area (Å²) in [5.74, 6) is 0. The van der Waals surface area contributed by atoms with Crippen LogP contribution in [-0.4, -0.2) is 27.7 Å². The zero-order chi connectivity index (χ0) is 13.3. The Bertz CT molecular complexity index is 583. The first-order valence-electron chi connectivity index (χ1n) is 5.53. The van der Waals surface area contributed by atoms with Crippen molar-refractivity contribution in [2.24, 2.45) is 5.14 Å². The molecule has 1 aromatic carbocycles. The lowest BCUT2D eigenvalue weighted by atomic mass is 10.2. The molecule has 7 heteroatoms. The second-order valence-corrected chi connectivity index (χ2v) is 5.50. The summed E-state index contributed by atoms with van der Waals surface area (Å²) in [5.41, 5.74) is 1.47. The van der Waals surface area contributed by atoms with Crippen LogP contribution in [0, 0.1) is 0 Å². The number of carbonyl (C=O) groups is 1. The van der Waals surface area contributed by atoms with E-state index in [0.717, 1.165) is 5.56 Å². The van der Waals surface area contributed by atoms with E-state index in [4.69, 9.17) is 9.88 Å².